The number of hydrogen-bond donors (Lipinski definition) is 1. The van der Waals surface area contributed by atoms with E-state index in [1.54, 1.807) is 37.6 Å². The van der Waals surface area contributed by atoms with E-state index in [1.165, 1.54) is 18.1 Å². The Morgan fingerprint density at radius 2 is 1.91 bits per heavy atom. The van der Waals surface area contributed by atoms with Crippen molar-refractivity contribution in [2.75, 3.05) is 20.2 Å². The smallest absolute Gasteiger partial charge is 0.270 e. The van der Waals surface area contributed by atoms with E-state index in [4.69, 9.17) is 9.15 Å². The van der Waals surface area contributed by atoms with Gasteiger partial charge >= 0.3 is 0 Å². The molecule has 5 rings (SSSR count). The first-order valence-electron chi connectivity index (χ1n) is 10.8. The molecule has 1 aliphatic carbocycles. The Hall–Kier alpha value is -3.45. The number of pyridine rings is 1. The van der Waals surface area contributed by atoms with Crippen LogP contribution >= 0.6 is 0 Å². The summed E-state index contributed by atoms with van der Waals surface area (Å²) in [4.78, 5) is 31.8. The lowest BCUT2D eigenvalue weighted by atomic mass is 9.71. The van der Waals surface area contributed by atoms with E-state index in [1.807, 2.05) is 17.0 Å². The van der Waals surface area contributed by atoms with Crippen molar-refractivity contribution in [3.05, 3.63) is 89.6 Å². The van der Waals surface area contributed by atoms with Crippen molar-refractivity contribution in [3.63, 3.8) is 0 Å². The van der Waals surface area contributed by atoms with Crippen LogP contribution in [0.25, 0.3) is 0 Å². The van der Waals surface area contributed by atoms with E-state index in [2.05, 4.69) is 22.4 Å². The molecule has 3 heterocycles. The fraction of sp³-hybridized carbons (Fsp3) is 0.320. The van der Waals surface area contributed by atoms with Gasteiger partial charge in [0.25, 0.3) is 11.8 Å². The molecule has 7 heteroatoms. The highest BCUT2D eigenvalue weighted by Gasteiger charge is 2.54. The van der Waals surface area contributed by atoms with Crippen LogP contribution < -0.4 is 5.32 Å². The standard InChI is InChI=1S/C25H25N3O4/c1-31-22-21(27-23(29)20-8-4-5-12-26-20)18-6-2-3-7-19(18)25(22)10-13-28(14-11-25)24(30)17-9-15-32-16-17/h2-9,12,15-16,21-22H,10-11,13-14H2,1H3,(H,27,29). The number of aromatic nitrogens is 1. The largest absolute Gasteiger partial charge is 0.472 e. The molecule has 164 valence electrons. The molecule has 1 N–H and O–H groups in total. The lowest BCUT2D eigenvalue weighted by Gasteiger charge is -2.44. The Balaban J connectivity index is 1.42. The van der Waals surface area contributed by atoms with E-state index in [0.29, 0.717) is 24.3 Å². The van der Waals surface area contributed by atoms with Crippen LogP contribution in [0.2, 0.25) is 0 Å². The van der Waals surface area contributed by atoms with Crippen molar-refractivity contribution in [1.29, 1.82) is 0 Å². The maximum absolute atomic E-state index is 12.9. The summed E-state index contributed by atoms with van der Waals surface area (Å²) in [6.45, 7) is 1.22. The number of nitrogens with zero attached hydrogens (tertiary/aromatic N) is 2. The van der Waals surface area contributed by atoms with Gasteiger partial charge in [0.2, 0.25) is 0 Å². The van der Waals surface area contributed by atoms with Crippen molar-refractivity contribution in [3.8, 4) is 0 Å². The van der Waals surface area contributed by atoms with Gasteiger partial charge in [-0.25, -0.2) is 0 Å². The Morgan fingerprint density at radius 3 is 2.59 bits per heavy atom. The number of carbonyl (C=O) groups is 2. The van der Waals surface area contributed by atoms with E-state index in [0.717, 1.165) is 18.4 Å². The molecule has 2 aromatic heterocycles. The van der Waals surface area contributed by atoms with Crippen LogP contribution in [-0.4, -0.2) is 48.0 Å². The second kappa shape index (κ2) is 8.24. The third kappa shape index (κ3) is 3.29. The number of benzene rings is 1. The van der Waals surface area contributed by atoms with Crippen LogP contribution in [0.3, 0.4) is 0 Å². The van der Waals surface area contributed by atoms with Crippen LogP contribution in [0.5, 0.6) is 0 Å². The van der Waals surface area contributed by atoms with E-state index < -0.39 is 0 Å². The number of fused-ring (bicyclic) bond motifs is 2. The van der Waals surface area contributed by atoms with Crippen LogP contribution in [0, 0.1) is 0 Å². The zero-order chi connectivity index (χ0) is 22.1. The van der Waals surface area contributed by atoms with Crippen molar-refractivity contribution < 1.29 is 18.7 Å². The second-order valence-electron chi connectivity index (χ2n) is 8.37. The predicted octanol–water partition coefficient (Wildman–Crippen LogP) is 3.35. The van der Waals surface area contributed by atoms with Gasteiger partial charge in [-0.1, -0.05) is 30.3 Å². The molecule has 1 aromatic carbocycles. The van der Waals surface area contributed by atoms with Gasteiger partial charge < -0.3 is 19.4 Å². The SMILES string of the molecule is COC1C(NC(=O)c2ccccn2)c2ccccc2C12CCN(C(=O)c1ccoc1)CC2. The summed E-state index contributed by atoms with van der Waals surface area (Å²) >= 11 is 0. The van der Waals surface area contributed by atoms with Gasteiger partial charge in [0.05, 0.1) is 24.0 Å². The van der Waals surface area contributed by atoms with E-state index in [9.17, 15) is 9.59 Å². The average Bonchev–Trinajstić information content (AvgIpc) is 3.46. The monoisotopic (exact) mass is 431 g/mol. The third-order valence-electron chi connectivity index (χ3n) is 6.83. The third-order valence-corrected chi connectivity index (χ3v) is 6.83. The molecule has 32 heavy (non-hydrogen) atoms. The minimum Gasteiger partial charge on any atom is -0.472 e. The average molecular weight is 431 g/mol. The maximum atomic E-state index is 12.9. The Morgan fingerprint density at radius 1 is 1.12 bits per heavy atom. The molecule has 7 nitrogen and oxygen atoms in total. The molecular formula is C25H25N3O4. The zero-order valence-electron chi connectivity index (χ0n) is 17.9. The number of likely N-dealkylation sites (tertiary alicyclic amines) is 1. The number of furan rings is 1. The van der Waals surface area contributed by atoms with Crippen molar-refractivity contribution in [1.82, 2.24) is 15.2 Å². The quantitative estimate of drug-likeness (QED) is 0.685. The van der Waals surface area contributed by atoms with Crippen molar-refractivity contribution in [2.24, 2.45) is 0 Å². The molecular weight excluding hydrogens is 406 g/mol. The molecule has 2 aliphatic rings. The first-order chi connectivity index (χ1) is 15.6. The number of amides is 2. The van der Waals surface area contributed by atoms with E-state index >= 15 is 0 Å². The summed E-state index contributed by atoms with van der Waals surface area (Å²) in [7, 11) is 1.70. The zero-order valence-corrected chi connectivity index (χ0v) is 17.9. The first kappa shape index (κ1) is 20.5. The Kier molecular flexibility index (Phi) is 5.27. The Labute approximate surface area is 186 Å². The summed E-state index contributed by atoms with van der Waals surface area (Å²) in [6, 6.07) is 14.9. The van der Waals surface area contributed by atoms with Gasteiger partial charge in [-0.05, 0) is 42.2 Å². The molecule has 0 radical (unpaired) electrons. The highest BCUT2D eigenvalue weighted by Crippen LogP contribution is 2.52. The molecule has 1 aliphatic heterocycles. The molecule has 1 spiro atoms. The molecule has 0 bridgehead atoms. The summed E-state index contributed by atoms with van der Waals surface area (Å²) < 4.78 is 11.1. The minimum atomic E-state index is -0.290. The molecule has 1 fully saturated rings. The van der Waals surface area contributed by atoms with Crippen molar-refractivity contribution in [2.45, 2.75) is 30.4 Å². The van der Waals surface area contributed by atoms with E-state index in [-0.39, 0.29) is 29.4 Å². The predicted molar refractivity (Wildman–Crippen MR) is 117 cm³/mol. The number of hydrogen-bond acceptors (Lipinski definition) is 5. The number of piperidine rings is 1. The van der Waals surface area contributed by atoms with Gasteiger partial charge in [-0.2, -0.15) is 0 Å². The van der Waals surface area contributed by atoms with Gasteiger partial charge in [0.15, 0.2) is 0 Å². The first-order valence-corrected chi connectivity index (χ1v) is 10.8. The van der Waals surface area contributed by atoms with Crippen LogP contribution in [0.1, 0.15) is 50.9 Å². The van der Waals surface area contributed by atoms with Gasteiger partial charge in [0.1, 0.15) is 12.0 Å². The topological polar surface area (TPSA) is 84.7 Å². The summed E-state index contributed by atoms with van der Waals surface area (Å²) in [6.07, 6.45) is 5.88. The van der Waals surface area contributed by atoms with Crippen LogP contribution in [-0.2, 0) is 10.2 Å². The molecule has 1 saturated heterocycles. The normalized spacial score (nSPS) is 21.3. The van der Waals surface area contributed by atoms with Gasteiger partial charge in [-0.15, -0.1) is 0 Å². The lowest BCUT2D eigenvalue weighted by Crippen LogP contribution is -2.51. The molecule has 3 aromatic rings. The highest BCUT2D eigenvalue weighted by molar-refractivity contribution is 5.94. The summed E-state index contributed by atoms with van der Waals surface area (Å²) in [5, 5.41) is 3.16. The maximum Gasteiger partial charge on any atom is 0.270 e. The van der Waals surface area contributed by atoms with Crippen LogP contribution in [0.4, 0.5) is 0 Å². The molecule has 0 saturated carbocycles. The summed E-state index contributed by atoms with van der Waals surface area (Å²) in [5.74, 6) is -0.245. The fourth-order valence-electron chi connectivity index (χ4n) is 5.32. The lowest BCUT2D eigenvalue weighted by molar-refractivity contribution is -0.00933. The number of rotatable bonds is 4. The summed E-state index contributed by atoms with van der Waals surface area (Å²) in [5.41, 5.74) is 2.92. The minimum absolute atomic E-state index is 0.0196. The van der Waals surface area contributed by atoms with Gasteiger partial charge in [0, 0.05) is 31.8 Å². The molecule has 2 atom stereocenters. The Bertz CT molecular complexity index is 1110. The fourth-order valence-corrected chi connectivity index (χ4v) is 5.32. The number of carbonyl (C=O) groups excluding carboxylic acids is 2. The number of methoxy groups -OCH3 is 1. The number of ether oxygens (including phenoxy) is 1. The van der Waals surface area contributed by atoms with Crippen LogP contribution in [0.15, 0.2) is 71.7 Å². The molecule has 2 unspecified atom stereocenters. The second-order valence-corrected chi connectivity index (χ2v) is 8.37. The van der Waals surface area contributed by atoms with Crippen molar-refractivity contribution >= 4 is 11.8 Å². The van der Waals surface area contributed by atoms with Gasteiger partial charge in [-0.3, -0.25) is 14.6 Å². The number of nitrogens with one attached hydrogen (secondary N) is 1. The highest BCUT2D eigenvalue weighted by atomic mass is 16.5. The molecule has 2 amide bonds.